The van der Waals surface area contributed by atoms with Crippen LogP contribution >= 0.6 is 0 Å². The molecule has 2 heterocycles. The van der Waals surface area contributed by atoms with Crippen LogP contribution < -0.4 is 9.80 Å². The number of benzene rings is 1. The molecule has 0 N–H and O–H groups in total. The Bertz CT molecular complexity index is 621. The van der Waals surface area contributed by atoms with E-state index in [1.165, 1.54) is 5.69 Å². The molecular weight excluding hydrogens is 264 g/mol. The third kappa shape index (κ3) is 2.86. The second-order valence-electron chi connectivity index (χ2n) is 5.19. The minimum atomic E-state index is 0.729. The maximum absolute atomic E-state index is 10.8. The fraction of sp³-hybridized carbons (Fsp3) is 0.312. The molecule has 0 amide bonds. The molecule has 0 saturated carbocycles. The Hall–Kier alpha value is -2.43. The number of aromatic nitrogens is 2. The second-order valence-corrected chi connectivity index (χ2v) is 5.19. The fourth-order valence-electron chi connectivity index (χ4n) is 2.71. The molecule has 0 spiro atoms. The molecule has 1 aliphatic rings. The molecule has 1 aromatic carbocycles. The molecule has 2 aromatic rings. The van der Waals surface area contributed by atoms with Crippen LogP contribution in [-0.4, -0.2) is 42.4 Å². The Morgan fingerprint density at radius 3 is 2.33 bits per heavy atom. The van der Waals surface area contributed by atoms with Crippen molar-refractivity contribution in [3.8, 4) is 0 Å². The molecule has 1 aromatic heterocycles. The molecule has 0 atom stereocenters. The third-order valence-corrected chi connectivity index (χ3v) is 3.81. The second kappa shape index (κ2) is 5.91. The lowest BCUT2D eigenvalue weighted by Gasteiger charge is -2.36. The van der Waals surface area contributed by atoms with Crippen molar-refractivity contribution in [1.82, 2.24) is 9.97 Å². The molecular formula is C16H18N4O. The molecule has 0 unspecified atom stereocenters. The highest BCUT2D eigenvalue weighted by molar-refractivity contribution is 5.77. The van der Waals surface area contributed by atoms with E-state index in [9.17, 15) is 4.79 Å². The van der Waals surface area contributed by atoms with E-state index in [-0.39, 0.29) is 0 Å². The molecule has 0 aliphatic carbocycles. The maximum Gasteiger partial charge on any atom is 0.225 e. The quantitative estimate of drug-likeness (QED) is 0.805. The van der Waals surface area contributed by atoms with Gasteiger partial charge in [0.05, 0.1) is 0 Å². The maximum atomic E-state index is 10.8. The SMILES string of the molecule is Cc1cc(C=O)ccc1N1CCN(c2ncccn2)CC1. The molecule has 1 fully saturated rings. The minimum Gasteiger partial charge on any atom is -0.368 e. The van der Waals surface area contributed by atoms with Gasteiger partial charge in [0.25, 0.3) is 0 Å². The molecule has 0 bridgehead atoms. The third-order valence-electron chi connectivity index (χ3n) is 3.81. The standard InChI is InChI=1S/C16H18N4O/c1-13-11-14(12-21)3-4-15(13)19-7-9-20(10-8-19)16-17-5-2-6-18-16/h2-6,11-12H,7-10H2,1H3. The number of anilines is 2. The summed E-state index contributed by atoms with van der Waals surface area (Å²) in [6.07, 6.45) is 4.44. The summed E-state index contributed by atoms with van der Waals surface area (Å²) in [4.78, 5) is 24.0. The van der Waals surface area contributed by atoms with E-state index in [0.717, 1.165) is 49.5 Å². The van der Waals surface area contributed by atoms with Gasteiger partial charge in [-0.05, 0) is 36.8 Å². The van der Waals surface area contributed by atoms with Crippen LogP contribution in [0.4, 0.5) is 11.6 Å². The van der Waals surface area contributed by atoms with Gasteiger partial charge in [-0.3, -0.25) is 4.79 Å². The Morgan fingerprint density at radius 1 is 1.05 bits per heavy atom. The van der Waals surface area contributed by atoms with E-state index in [1.54, 1.807) is 12.4 Å². The van der Waals surface area contributed by atoms with Gasteiger partial charge < -0.3 is 9.80 Å². The molecule has 1 saturated heterocycles. The number of rotatable bonds is 3. The number of hydrogen-bond donors (Lipinski definition) is 0. The largest absolute Gasteiger partial charge is 0.368 e. The molecule has 21 heavy (non-hydrogen) atoms. The number of hydrogen-bond acceptors (Lipinski definition) is 5. The molecule has 108 valence electrons. The zero-order valence-electron chi connectivity index (χ0n) is 12.1. The van der Waals surface area contributed by atoms with E-state index < -0.39 is 0 Å². The first-order valence-electron chi connectivity index (χ1n) is 7.10. The monoisotopic (exact) mass is 282 g/mol. The van der Waals surface area contributed by atoms with E-state index in [2.05, 4.69) is 26.7 Å². The highest BCUT2D eigenvalue weighted by Crippen LogP contribution is 2.23. The van der Waals surface area contributed by atoms with Crippen LogP contribution in [0.15, 0.2) is 36.7 Å². The molecule has 5 heteroatoms. The molecule has 3 rings (SSSR count). The van der Waals surface area contributed by atoms with Gasteiger partial charge in [-0.1, -0.05) is 0 Å². The summed E-state index contributed by atoms with van der Waals surface area (Å²) in [5.74, 6) is 0.796. The van der Waals surface area contributed by atoms with Gasteiger partial charge in [-0.15, -0.1) is 0 Å². The first-order valence-corrected chi connectivity index (χ1v) is 7.10. The van der Waals surface area contributed by atoms with Crippen LogP contribution in [0.2, 0.25) is 0 Å². The van der Waals surface area contributed by atoms with Crippen LogP contribution in [0.3, 0.4) is 0 Å². The van der Waals surface area contributed by atoms with E-state index in [4.69, 9.17) is 0 Å². The summed E-state index contributed by atoms with van der Waals surface area (Å²) in [7, 11) is 0. The van der Waals surface area contributed by atoms with Crippen molar-refractivity contribution in [1.29, 1.82) is 0 Å². The van der Waals surface area contributed by atoms with Crippen molar-refractivity contribution < 1.29 is 4.79 Å². The Balaban J connectivity index is 1.70. The Morgan fingerprint density at radius 2 is 1.71 bits per heavy atom. The minimum absolute atomic E-state index is 0.729. The van der Waals surface area contributed by atoms with Gasteiger partial charge in [0.15, 0.2) is 0 Å². The number of aldehydes is 1. The van der Waals surface area contributed by atoms with E-state index in [0.29, 0.717) is 0 Å². The summed E-state index contributed by atoms with van der Waals surface area (Å²) < 4.78 is 0. The topological polar surface area (TPSA) is 49.3 Å². The predicted molar refractivity (Wildman–Crippen MR) is 83.0 cm³/mol. The summed E-state index contributed by atoms with van der Waals surface area (Å²) in [6, 6.07) is 7.68. The highest BCUT2D eigenvalue weighted by Gasteiger charge is 2.19. The lowest BCUT2D eigenvalue weighted by atomic mass is 10.1. The van der Waals surface area contributed by atoms with Gasteiger partial charge in [-0.2, -0.15) is 0 Å². The van der Waals surface area contributed by atoms with Crippen molar-refractivity contribution in [3.05, 3.63) is 47.8 Å². The van der Waals surface area contributed by atoms with Crippen molar-refractivity contribution in [2.24, 2.45) is 0 Å². The first kappa shape index (κ1) is 13.5. The molecule has 0 radical (unpaired) electrons. The summed E-state index contributed by atoms with van der Waals surface area (Å²) in [5, 5.41) is 0. The summed E-state index contributed by atoms with van der Waals surface area (Å²) in [5.41, 5.74) is 3.07. The number of carbonyl (C=O) groups is 1. The van der Waals surface area contributed by atoms with Crippen LogP contribution in [0.25, 0.3) is 0 Å². The molecule has 5 nitrogen and oxygen atoms in total. The van der Waals surface area contributed by atoms with Gasteiger partial charge >= 0.3 is 0 Å². The summed E-state index contributed by atoms with van der Waals surface area (Å²) in [6.45, 7) is 5.71. The van der Waals surface area contributed by atoms with Crippen LogP contribution in [-0.2, 0) is 0 Å². The van der Waals surface area contributed by atoms with Crippen molar-refractivity contribution in [2.45, 2.75) is 6.92 Å². The van der Waals surface area contributed by atoms with Crippen molar-refractivity contribution >= 4 is 17.9 Å². The van der Waals surface area contributed by atoms with Crippen LogP contribution in [0, 0.1) is 6.92 Å². The number of nitrogens with zero attached hydrogens (tertiary/aromatic N) is 4. The normalized spacial score (nSPS) is 15.1. The summed E-state index contributed by atoms with van der Waals surface area (Å²) >= 11 is 0. The number of aryl methyl sites for hydroxylation is 1. The van der Waals surface area contributed by atoms with Crippen LogP contribution in [0.5, 0.6) is 0 Å². The highest BCUT2D eigenvalue weighted by atomic mass is 16.1. The number of carbonyl (C=O) groups excluding carboxylic acids is 1. The average molecular weight is 282 g/mol. The van der Waals surface area contributed by atoms with Gasteiger partial charge in [0.2, 0.25) is 5.95 Å². The van der Waals surface area contributed by atoms with E-state index >= 15 is 0 Å². The zero-order valence-corrected chi connectivity index (χ0v) is 12.1. The number of piperazine rings is 1. The Labute approximate surface area is 124 Å². The van der Waals surface area contributed by atoms with Crippen LogP contribution in [0.1, 0.15) is 15.9 Å². The van der Waals surface area contributed by atoms with Gasteiger partial charge in [0.1, 0.15) is 6.29 Å². The fourth-order valence-corrected chi connectivity index (χ4v) is 2.71. The first-order chi connectivity index (χ1) is 10.3. The predicted octanol–water partition coefficient (Wildman–Crippen LogP) is 1.92. The van der Waals surface area contributed by atoms with E-state index in [1.807, 2.05) is 24.3 Å². The zero-order chi connectivity index (χ0) is 14.7. The Kier molecular flexibility index (Phi) is 3.81. The lowest BCUT2D eigenvalue weighted by Crippen LogP contribution is -2.47. The smallest absolute Gasteiger partial charge is 0.225 e. The molecule has 1 aliphatic heterocycles. The van der Waals surface area contributed by atoms with Gasteiger partial charge in [-0.25, -0.2) is 9.97 Å². The van der Waals surface area contributed by atoms with Crippen molar-refractivity contribution in [2.75, 3.05) is 36.0 Å². The van der Waals surface area contributed by atoms with Gasteiger partial charge in [0, 0.05) is 49.8 Å². The average Bonchev–Trinajstić information content (AvgIpc) is 2.56. The van der Waals surface area contributed by atoms with Crippen molar-refractivity contribution in [3.63, 3.8) is 0 Å². The lowest BCUT2D eigenvalue weighted by molar-refractivity contribution is 0.112.